The number of ether oxygens (including phenoxy) is 2. The molecule has 4 rings (SSSR count). The van der Waals surface area contributed by atoms with Crippen molar-refractivity contribution in [2.45, 2.75) is 13.3 Å². The molecular formula is C23H22N2O4. The average Bonchev–Trinajstić information content (AvgIpc) is 3.20. The van der Waals surface area contributed by atoms with Gasteiger partial charge in [0.15, 0.2) is 5.76 Å². The van der Waals surface area contributed by atoms with Gasteiger partial charge in [-0.2, -0.15) is 0 Å². The molecule has 0 aliphatic carbocycles. The van der Waals surface area contributed by atoms with Crippen molar-refractivity contribution in [2.75, 3.05) is 20.8 Å². The van der Waals surface area contributed by atoms with Crippen molar-refractivity contribution in [1.82, 2.24) is 10.3 Å². The Labute approximate surface area is 168 Å². The number of pyridine rings is 1. The van der Waals surface area contributed by atoms with E-state index in [0.717, 1.165) is 39.0 Å². The van der Waals surface area contributed by atoms with E-state index in [1.165, 1.54) is 0 Å². The van der Waals surface area contributed by atoms with Crippen molar-refractivity contribution in [2.24, 2.45) is 0 Å². The molecule has 0 atom stereocenters. The number of aryl methyl sites for hydroxylation is 1. The molecule has 0 radical (unpaired) electrons. The van der Waals surface area contributed by atoms with Crippen LogP contribution in [0.4, 0.5) is 0 Å². The van der Waals surface area contributed by atoms with Crippen LogP contribution in [0.1, 0.15) is 21.8 Å². The highest BCUT2D eigenvalue weighted by Gasteiger charge is 2.16. The summed E-state index contributed by atoms with van der Waals surface area (Å²) in [6.07, 6.45) is 0.607. The first kappa shape index (κ1) is 18.8. The summed E-state index contributed by atoms with van der Waals surface area (Å²) in [5.74, 6) is 1.53. The van der Waals surface area contributed by atoms with Gasteiger partial charge in [-0.25, -0.2) is 0 Å². The molecule has 0 unspecified atom stereocenters. The number of rotatable bonds is 6. The minimum atomic E-state index is -0.258. The van der Waals surface area contributed by atoms with Crippen LogP contribution in [0, 0.1) is 6.92 Å². The zero-order valence-electron chi connectivity index (χ0n) is 16.6. The maximum absolute atomic E-state index is 12.6. The predicted octanol–water partition coefficient (Wildman–Crippen LogP) is 4.28. The molecule has 0 saturated heterocycles. The molecule has 6 nitrogen and oxygen atoms in total. The predicted molar refractivity (Wildman–Crippen MR) is 112 cm³/mol. The Bertz CT molecular complexity index is 1200. The summed E-state index contributed by atoms with van der Waals surface area (Å²) in [5.41, 5.74) is 3.34. The van der Waals surface area contributed by atoms with Gasteiger partial charge in [0.05, 0.1) is 19.7 Å². The van der Waals surface area contributed by atoms with Gasteiger partial charge in [0, 0.05) is 23.0 Å². The van der Waals surface area contributed by atoms with Crippen molar-refractivity contribution < 1.29 is 18.7 Å². The maximum Gasteiger partial charge on any atom is 0.287 e. The number of furan rings is 1. The van der Waals surface area contributed by atoms with Crippen molar-refractivity contribution in [3.63, 3.8) is 0 Å². The third-order valence-corrected chi connectivity index (χ3v) is 4.95. The Balaban J connectivity index is 1.53. The van der Waals surface area contributed by atoms with Crippen LogP contribution >= 0.6 is 0 Å². The second-order valence-corrected chi connectivity index (χ2v) is 6.75. The summed E-state index contributed by atoms with van der Waals surface area (Å²) in [7, 11) is 3.24. The zero-order valence-corrected chi connectivity index (χ0v) is 16.6. The molecular weight excluding hydrogens is 368 g/mol. The number of hydrogen-bond donors (Lipinski definition) is 1. The Morgan fingerprint density at radius 1 is 1.07 bits per heavy atom. The summed E-state index contributed by atoms with van der Waals surface area (Å²) < 4.78 is 16.6. The standard InChI is InChI=1S/C23H22N2O4/c1-14-18-13-21(29-22(18)17-6-4-5-7-19(17)25-14)23(26)24-11-10-15-12-16(27-2)8-9-20(15)28-3/h4-9,12-13H,10-11H2,1-3H3,(H,24,26). The van der Waals surface area contributed by atoms with Crippen molar-refractivity contribution in [3.05, 3.63) is 65.5 Å². The van der Waals surface area contributed by atoms with Gasteiger partial charge in [-0.1, -0.05) is 12.1 Å². The highest BCUT2D eigenvalue weighted by molar-refractivity contribution is 6.06. The normalized spacial score (nSPS) is 11.0. The molecule has 2 heterocycles. The summed E-state index contributed by atoms with van der Waals surface area (Å²) in [6.45, 7) is 2.36. The van der Waals surface area contributed by atoms with E-state index in [2.05, 4.69) is 10.3 Å². The lowest BCUT2D eigenvalue weighted by atomic mass is 10.1. The SMILES string of the molecule is COc1ccc(OC)c(CCNC(=O)c2cc3c(C)nc4ccccc4c3o2)c1. The Morgan fingerprint density at radius 3 is 2.69 bits per heavy atom. The fourth-order valence-corrected chi connectivity index (χ4v) is 3.45. The number of methoxy groups -OCH3 is 2. The zero-order chi connectivity index (χ0) is 20.4. The van der Waals surface area contributed by atoms with Gasteiger partial charge in [0.2, 0.25) is 0 Å². The summed E-state index contributed by atoms with van der Waals surface area (Å²) in [6, 6.07) is 15.1. The monoisotopic (exact) mass is 390 g/mol. The number of aromatic nitrogens is 1. The van der Waals surface area contributed by atoms with E-state index in [4.69, 9.17) is 13.9 Å². The van der Waals surface area contributed by atoms with Gasteiger partial charge in [-0.05, 0) is 55.3 Å². The molecule has 4 aromatic rings. The van der Waals surface area contributed by atoms with Crippen molar-refractivity contribution >= 4 is 27.8 Å². The van der Waals surface area contributed by atoms with E-state index in [1.807, 2.05) is 49.4 Å². The van der Waals surface area contributed by atoms with E-state index >= 15 is 0 Å². The first-order valence-corrected chi connectivity index (χ1v) is 9.38. The highest BCUT2D eigenvalue weighted by Crippen LogP contribution is 2.29. The van der Waals surface area contributed by atoms with Gasteiger partial charge in [0.1, 0.15) is 17.1 Å². The van der Waals surface area contributed by atoms with E-state index in [1.54, 1.807) is 20.3 Å². The minimum absolute atomic E-state index is 0.258. The number of nitrogens with zero attached hydrogens (tertiary/aromatic N) is 1. The van der Waals surface area contributed by atoms with Crippen LogP contribution in [0.15, 0.2) is 52.9 Å². The van der Waals surface area contributed by atoms with Crippen molar-refractivity contribution in [1.29, 1.82) is 0 Å². The lowest BCUT2D eigenvalue weighted by Gasteiger charge is -2.10. The first-order valence-electron chi connectivity index (χ1n) is 9.38. The molecule has 1 amide bonds. The summed E-state index contributed by atoms with van der Waals surface area (Å²) >= 11 is 0. The van der Waals surface area contributed by atoms with Crippen LogP contribution in [-0.4, -0.2) is 31.7 Å². The number of hydrogen-bond acceptors (Lipinski definition) is 5. The number of nitrogens with one attached hydrogen (secondary N) is 1. The van der Waals surface area contributed by atoms with Crippen LogP contribution in [0.25, 0.3) is 21.9 Å². The molecule has 0 bridgehead atoms. The molecule has 2 aromatic heterocycles. The van der Waals surface area contributed by atoms with E-state index in [9.17, 15) is 4.79 Å². The number of carbonyl (C=O) groups excluding carboxylic acids is 1. The van der Waals surface area contributed by atoms with Crippen LogP contribution in [-0.2, 0) is 6.42 Å². The molecule has 0 fully saturated rings. The molecule has 29 heavy (non-hydrogen) atoms. The third-order valence-electron chi connectivity index (χ3n) is 4.95. The van der Waals surface area contributed by atoms with Gasteiger partial charge in [0.25, 0.3) is 5.91 Å². The second-order valence-electron chi connectivity index (χ2n) is 6.75. The van der Waals surface area contributed by atoms with Crippen molar-refractivity contribution in [3.8, 4) is 11.5 Å². The minimum Gasteiger partial charge on any atom is -0.497 e. The topological polar surface area (TPSA) is 73.6 Å². The molecule has 0 saturated carbocycles. The Hall–Kier alpha value is -3.54. The molecule has 148 valence electrons. The highest BCUT2D eigenvalue weighted by atomic mass is 16.5. The van der Waals surface area contributed by atoms with Gasteiger partial charge in [-0.15, -0.1) is 0 Å². The first-order chi connectivity index (χ1) is 14.1. The van der Waals surface area contributed by atoms with Gasteiger partial charge >= 0.3 is 0 Å². The largest absolute Gasteiger partial charge is 0.497 e. The number of benzene rings is 2. The Morgan fingerprint density at radius 2 is 1.90 bits per heavy atom. The molecule has 0 aliphatic rings. The molecule has 0 spiro atoms. The number of amides is 1. The molecule has 0 aliphatic heterocycles. The van der Waals surface area contributed by atoms with E-state index in [-0.39, 0.29) is 11.7 Å². The van der Waals surface area contributed by atoms with E-state index < -0.39 is 0 Å². The fourth-order valence-electron chi connectivity index (χ4n) is 3.45. The number of carbonyl (C=O) groups is 1. The Kier molecular flexibility index (Phi) is 5.08. The molecule has 2 aromatic carbocycles. The van der Waals surface area contributed by atoms with Gasteiger partial charge in [-0.3, -0.25) is 9.78 Å². The van der Waals surface area contributed by atoms with Gasteiger partial charge < -0.3 is 19.2 Å². The van der Waals surface area contributed by atoms with Crippen LogP contribution in [0.2, 0.25) is 0 Å². The lowest BCUT2D eigenvalue weighted by molar-refractivity contribution is 0.0928. The summed E-state index contributed by atoms with van der Waals surface area (Å²) in [5, 5.41) is 4.66. The number of fused-ring (bicyclic) bond motifs is 3. The average molecular weight is 390 g/mol. The van der Waals surface area contributed by atoms with Crippen LogP contribution < -0.4 is 14.8 Å². The third kappa shape index (κ3) is 3.61. The fraction of sp³-hybridized carbons (Fsp3) is 0.217. The quantitative estimate of drug-likeness (QED) is 0.532. The smallest absolute Gasteiger partial charge is 0.287 e. The second kappa shape index (κ2) is 7.83. The van der Waals surface area contributed by atoms with E-state index in [0.29, 0.717) is 18.5 Å². The van der Waals surface area contributed by atoms with Crippen LogP contribution in [0.5, 0.6) is 11.5 Å². The number of para-hydroxylation sites is 1. The molecule has 1 N–H and O–H groups in total. The van der Waals surface area contributed by atoms with Crippen LogP contribution in [0.3, 0.4) is 0 Å². The summed E-state index contributed by atoms with van der Waals surface area (Å²) in [4.78, 5) is 17.2. The maximum atomic E-state index is 12.6. The lowest BCUT2D eigenvalue weighted by Crippen LogP contribution is -2.25. The molecule has 6 heteroatoms.